The zero-order valence-electron chi connectivity index (χ0n) is 10.5. The van der Waals surface area contributed by atoms with Gasteiger partial charge in [0.05, 0.1) is 6.42 Å². The van der Waals surface area contributed by atoms with Crippen molar-refractivity contribution in [3.63, 3.8) is 0 Å². The Bertz CT molecular complexity index is 407. The second-order valence-corrected chi connectivity index (χ2v) is 5.14. The zero-order chi connectivity index (χ0) is 12.5. The summed E-state index contributed by atoms with van der Waals surface area (Å²) in [6.45, 7) is 3.32. The van der Waals surface area contributed by atoms with Crippen LogP contribution in [0.5, 0.6) is 0 Å². The Kier molecular flexibility index (Phi) is 3.24. The quantitative estimate of drug-likeness (QED) is 0.839. The van der Waals surface area contributed by atoms with Crippen molar-refractivity contribution in [2.45, 2.75) is 26.2 Å². The molecular formula is C13H20N2O2. The molecule has 0 bridgehead atoms. The topological polar surface area (TPSA) is 59.5 Å². The van der Waals surface area contributed by atoms with Crippen LogP contribution in [0.4, 0.5) is 0 Å². The van der Waals surface area contributed by atoms with Gasteiger partial charge in [0.15, 0.2) is 0 Å². The minimum atomic E-state index is 0.0964. The van der Waals surface area contributed by atoms with Crippen molar-refractivity contribution < 1.29 is 9.21 Å². The molecule has 1 amide bonds. The predicted octanol–water partition coefficient (Wildman–Crippen LogP) is 1.33. The van der Waals surface area contributed by atoms with Crippen LogP contribution in [0.15, 0.2) is 16.5 Å². The molecule has 0 unspecified atom stereocenters. The average Bonchev–Trinajstić information content (AvgIpc) is 2.95. The minimum absolute atomic E-state index is 0.0964. The fourth-order valence-electron chi connectivity index (χ4n) is 2.06. The van der Waals surface area contributed by atoms with Crippen LogP contribution in [0.25, 0.3) is 0 Å². The van der Waals surface area contributed by atoms with Crippen molar-refractivity contribution in [2.24, 2.45) is 11.1 Å². The molecule has 0 aromatic carbocycles. The lowest BCUT2D eigenvalue weighted by Crippen LogP contribution is -2.36. The third kappa shape index (κ3) is 2.88. The summed E-state index contributed by atoms with van der Waals surface area (Å²) < 4.78 is 5.40. The highest BCUT2D eigenvalue weighted by Gasteiger charge is 2.42. The average molecular weight is 236 g/mol. The van der Waals surface area contributed by atoms with Gasteiger partial charge < -0.3 is 15.1 Å². The SMILES string of the molecule is Cc1ccc(CC(=O)N(C)CC2(CN)CC2)o1. The van der Waals surface area contributed by atoms with Gasteiger partial charge in [0.2, 0.25) is 5.91 Å². The first-order valence-electron chi connectivity index (χ1n) is 6.04. The van der Waals surface area contributed by atoms with E-state index in [2.05, 4.69) is 0 Å². The molecule has 1 aromatic rings. The lowest BCUT2D eigenvalue weighted by molar-refractivity contribution is -0.130. The lowest BCUT2D eigenvalue weighted by Gasteiger charge is -2.22. The largest absolute Gasteiger partial charge is 0.466 e. The molecule has 0 aliphatic heterocycles. The highest BCUT2D eigenvalue weighted by atomic mass is 16.3. The molecular weight excluding hydrogens is 216 g/mol. The van der Waals surface area contributed by atoms with Crippen LogP contribution in [0.2, 0.25) is 0 Å². The molecule has 1 aromatic heterocycles. The van der Waals surface area contributed by atoms with Crippen molar-refractivity contribution in [3.8, 4) is 0 Å². The third-order valence-corrected chi connectivity index (χ3v) is 3.51. The Labute approximate surface area is 102 Å². The molecule has 0 saturated heterocycles. The number of aryl methyl sites for hydroxylation is 1. The monoisotopic (exact) mass is 236 g/mol. The summed E-state index contributed by atoms with van der Waals surface area (Å²) in [5, 5.41) is 0. The van der Waals surface area contributed by atoms with Gasteiger partial charge in [-0.2, -0.15) is 0 Å². The van der Waals surface area contributed by atoms with Crippen LogP contribution >= 0.6 is 0 Å². The van der Waals surface area contributed by atoms with Crippen molar-refractivity contribution in [1.82, 2.24) is 4.90 Å². The molecule has 2 rings (SSSR count). The first-order valence-corrected chi connectivity index (χ1v) is 6.04. The van der Waals surface area contributed by atoms with Crippen LogP contribution in [0.3, 0.4) is 0 Å². The Morgan fingerprint density at radius 1 is 1.53 bits per heavy atom. The zero-order valence-corrected chi connectivity index (χ0v) is 10.5. The summed E-state index contributed by atoms with van der Waals surface area (Å²) in [6, 6.07) is 3.74. The van der Waals surface area contributed by atoms with E-state index in [1.807, 2.05) is 26.1 Å². The maximum atomic E-state index is 12.0. The van der Waals surface area contributed by atoms with E-state index in [1.54, 1.807) is 4.90 Å². The van der Waals surface area contributed by atoms with Gasteiger partial charge >= 0.3 is 0 Å². The fourth-order valence-corrected chi connectivity index (χ4v) is 2.06. The van der Waals surface area contributed by atoms with Gasteiger partial charge in [-0.25, -0.2) is 0 Å². The summed E-state index contributed by atoms with van der Waals surface area (Å²) in [4.78, 5) is 13.7. The number of rotatable bonds is 5. The van der Waals surface area contributed by atoms with Crippen molar-refractivity contribution in [1.29, 1.82) is 0 Å². The summed E-state index contributed by atoms with van der Waals surface area (Å²) in [5.74, 6) is 1.67. The molecule has 1 aliphatic carbocycles. The Morgan fingerprint density at radius 2 is 2.24 bits per heavy atom. The number of nitrogens with two attached hydrogens (primary N) is 1. The molecule has 1 aliphatic rings. The number of amides is 1. The molecule has 1 saturated carbocycles. The van der Waals surface area contributed by atoms with Gasteiger partial charge in [-0.1, -0.05) is 0 Å². The Hall–Kier alpha value is -1.29. The standard InChI is InChI=1S/C13H20N2O2/c1-10-3-4-11(17-10)7-12(16)15(2)9-13(8-14)5-6-13/h3-4H,5-9,14H2,1-2H3. The van der Waals surface area contributed by atoms with Gasteiger partial charge in [-0.05, 0) is 38.4 Å². The number of furan rings is 1. The Morgan fingerprint density at radius 3 is 2.71 bits per heavy atom. The van der Waals surface area contributed by atoms with Crippen LogP contribution < -0.4 is 5.73 Å². The molecule has 0 spiro atoms. The number of likely N-dealkylation sites (N-methyl/N-ethyl adjacent to an activating group) is 1. The van der Waals surface area contributed by atoms with E-state index in [0.717, 1.165) is 30.9 Å². The maximum absolute atomic E-state index is 12.0. The van der Waals surface area contributed by atoms with Gasteiger partial charge in [0, 0.05) is 19.0 Å². The molecule has 17 heavy (non-hydrogen) atoms. The summed E-state index contributed by atoms with van der Waals surface area (Å²) in [5.41, 5.74) is 5.91. The first-order chi connectivity index (χ1) is 8.04. The van der Waals surface area contributed by atoms with Crippen LogP contribution in [-0.4, -0.2) is 30.9 Å². The molecule has 1 fully saturated rings. The first kappa shape index (κ1) is 12.2. The molecule has 94 valence electrons. The summed E-state index contributed by atoms with van der Waals surface area (Å²) in [7, 11) is 1.84. The lowest BCUT2D eigenvalue weighted by atomic mass is 10.1. The second kappa shape index (κ2) is 4.53. The predicted molar refractivity (Wildman–Crippen MR) is 65.5 cm³/mol. The van der Waals surface area contributed by atoms with E-state index >= 15 is 0 Å². The number of hydrogen-bond acceptors (Lipinski definition) is 3. The van der Waals surface area contributed by atoms with Crippen molar-refractivity contribution in [3.05, 3.63) is 23.7 Å². The van der Waals surface area contributed by atoms with Gasteiger partial charge in [0.1, 0.15) is 11.5 Å². The van der Waals surface area contributed by atoms with E-state index in [9.17, 15) is 4.79 Å². The van der Waals surface area contributed by atoms with Crippen molar-refractivity contribution in [2.75, 3.05) is 20.1 Å². The fraction of sp³-hybridized carbons (Fsp3) is 0.615. The number of hydrogen-bond donors (Lipinski definition) is 1. The Balaban J connectivity index is 1.87. The van der Waals surface area contributed by atoms with E-state index in [4.69, 9.17) is 10.2 Å². The normalized spacial score (nSPS) is 16.9. The van der Waals surface area contributed by atoms with Crippen LogP contribution in [-0.2, 0) is 11.2 Å². The van der Waals surface area contributed by atoms with Gasteiger partial charge in [-0.15, -0.1) is 0 Å². The molecule has 4 nitrogen and oxygen atoms in total. The van der Waals surface area contributed by atoms with Gasteiger partial charge in [0.25, 0.3) is 0 Å². The van der Waals surface area contributed by atoms with Crippen LogP contribution in [0.1, 0.15) is 24.4 Å². The number of carbonyl (C=O) groups is 1. The second-order valence-electron chi connectivity index (χ2n) is 5.14. The number of nitrogens with zero attached hydrogens (tertiary/aromatic N) is 1. The van der Waals surface area contributed by atoms with E-state index in [0.29, 0.717) is 13.0 Å². The smallest absolute Gasteiger partial charge is 0.229 e. The van der Waals surface area contributed by atoms with E-state index in [-0.39, 0.29) is 11.3 Å². The third-order valence-electron chi connectivity index (χ3n) is 3.51. The molecule has 0 atom stereocenters. The molecule has 1 heterocycles. The highest BCUT2D eigenvalue weighted by Crippen LogP contribution is 2.44. The van der Waals surface area contributed by atoms with Crippen molar-refractivity contribution >= 4 is 5.91 Å². The maximum Gasteiger partial charge on any atom is 0.229 e. The molecule has 0 radical (unpaired) electrons. The van der Waals surface area contributed by atoms with E-state index in [1.165, 1.54) is 0 Å². The highest BCUT2D eigenvalue weighted by molar-refractivity contribution is 5.78. The molecule has 2 N–H and O–H groups in total. The summed E-state index contributed by atoms with van der Waals surface area (Å²) >= 11 is 0. The number of carbonyl (C=O) groups excluding carboxylic acids is 1. The minimum Gasteiger partial charge on any atom is -0.466 e. The van der Waals surface area contributed by atoms with Gasteiger partial charge in [-0.3, -0.25) is 4.79 Å². The summed E-state index contributed by atoms with van der Waals surface area (Å²) in [6.07, 6.45) is 2.62. The van der Waals surface area contributed by atoms with E-state index < -0.39 is 0 Å². The molecule has 4 heteroatoms. The van der Waals surface area contributed by atoms with Crippen LogP contribution in [0, 0.1) is 12.3 Å².